The van der Waals surface area contributed by atoms with Crippen LogP contribution in [0.4, 0.5) is 5.82 Å². The molecular weight excluding hydrogens is 280 g/mol. The maximum Gasteiger partial charge on any atom is 0.306 e. The summed E-state index contributed by atoms with van der Waals surface area (Å²) in [6, 6.07) is 4.42. The summed E-state index contributed by atoms with van der Waals surface area (Å²) in [5, 5.41) is 12.6. The zero-order chi connectivity index (χ0) is 15.8. The van der Waals surface area contributed by atoms with Crippen LogP contribution in [0.25, 0.3) is 0 Å². The molecule has 1 heterocycles. The molecule has 0 atom stereocenters. The van der Waals surface area contributed by atoms with Crippen LogP contribution in [0, 0.1) is 5.92 Å². The lowest BCUT2D eigenvalue weighted by atomic mass is 9.86. The molecular formula is C17H26N2O3. The third-order valence-electron chi connectivity index (χ3n) is 4.35. The Labute approximate surface area is 132 Å². The van der Waals surface area contributed by atoms with E-state index in [4.69, 9.17) is 9.84 Å². The van der Waals surface area contributed by atoms with E-state index >= 15 is 0 Å². The molecule has 122 valence electrons. The minimum atomic E-state index is -0.657. The van der Waals surface area contributed by atoms with Gasteiger partial charge in [0.25, 0.3) is 0 Å². The summed E-state index contributed by atoms with van der Waals surface area (Å²) in [5.41, 5.74) is 1.24. The minimum absolute atomic E-state index is 0.171. The van der Waals surface area contributed by atoms with Gasteiger partial charge < -0.3 is 15.2 Å². The van der Waals surface area contributed by atoms with Crippen molar-refractivity contribution in [3.8, 4) is 0 Å². The Morgan fingerprint density at radius 3 is 2.82 bits per heavy atom. The van der Waals surface area contributed by atoms with Gasteiger partial charge >= 0.3 is 5.97 Å². The van der Waals surface area contributed by atoms with Crippen LogP contribution in [0.5, 0.6) is 0 Å². The Morgan fingerprint density at radius 2 is 2.14 bits per heavy atom. The molecule has 1 saturated carbocycles. The molecule has 0 spiro atoms. The Bertz CT molecular complexity index is 471. The summed E-state index contributed by atoms with van der Waals surface area (Å²) in [6.45, 7) is 0.794. The molecule has 5 heteroatoms. The molecule has 0 bridgehead atoms. The molecule has 0 aromatic carbocycles. The second-order valence-electron chi connectivity index (χ2n) is 5.99. The van der Waals surface area contributed by atoms with Crippen LogP contribution in [0.1, 0.15) is 44.1 Å². The van der Waals surface area contributed by atoms with Crippen LogP contribution in [-0.2, 0) is 16.0 Å². The van der Waals surface area contributed by atoms with E-state index in [2.05, 4.69) is 16.4 Å². The molecule has 22 heavy (non-hydrogen) atoms. The molecule has 1 aromatic rings. The van der Waals surface area contributed by atoms with Gasteiger partial charge in [-0.2, -0.15) is 0 Å². The van der Waals surface area contributed by atoms with E-state index in [1.165, 1.54) is 5.56 Å². The average Bonchev–Trinajstić information content (AvgIpc) is 2.53. The summed E-state index contributed by atoms with van der Waals surface area (Å²) >= 11 is 0. The van der Waals surface area contributed by atoms with Crippen molar-refractivity contribution in [1.29, 1.82) is 0 Å². The van der Waals surface area contributed by atoms with Gasteiger partial charge in [-0.05, 0) is 56.6 Å². The van der Waals surface area contributed by atoms with Crippen molar-refractivity contribution in [2.24, 2.45) is 5.92 Å². The van der Waals surface area contributed by atoms with Gasteiger partial charge in [-0.1, -0.05) is 6.07 Å². The molecule has 1 aliphatic rings. The SMILES string of the molecule is COCCCCc1cccnc1NC1CCC(C(=O)O)CC1. The van der Waals surface area contributed by atoms with Gasteiger partial charge in [0, 0.05) is 26.0 Å². The summed E-state index contributed by atoms with van der Waals surface area (Å²) in [6.07, 6.45) is 8.24. The van der Waals surface area contributed by atoms with Crippen LogP contribution < -0.4 is 5.32 Å². The van der Waals surface area contributed by atoms with Crippen molar-refractivity contribution < 1.29 is 14.6 Å². The topological polar surface area (TPSA) is 71.5 Å². The first-order chi connectivity index (χ1) is 10.7. The number of hydrogen-bond donors (Lipinski definition) is 2. The molecule has 2 rings (SSSR count). The summed E-state index contributed by atoms with van der Waals surface area (Å²) in [4.78, 5) is 15.5. The number of carboxylic acid groups (broad SMARTS) is 1. The number of aliphatic carboxylic acids is 1. The predicted molar refractivity (Wildman–Crippen MR) is 86.1 cm³/mol. The van der Waals surface area contributed by atoms with E-state index in [0.29, 0.717) is 6.04 Å². The highest BCUT2D eigenvalue weighted by molar-refractivity contribution is 5.70. The number of nitrogens with one attached hydrogen (secondary N) is 1. The number of rotatable bonds is 8. The number of anilines is 1. The van der Waals surface area contributed by atoms with Gasteiger partial charge in [0.05, 0.1) is 5.92 Å². The summed E-state index contributed by atoms with van der Waals surface area (Å²) in [5.74, 6) is 0.129. The highest BCUT2D eigenvalue weighted by Gasteiger charge is 2.26. The monoisotopic (exact) mass is 306 g/mol. The fourth-order valence-corrected chi connectivity index (χ4v) is 3.01. The van der Waals surface area contributed by atoms with Crippen molar-refractivity contribution >= 4 is 11.8 Å². The van der Waals surface area contributed by atoms with Crippen molar-refractivity contribution in [3.05, 3.63) is 23.9 Å². The Balaban J connectivity index is 1.86. The molecule has 0 unspecified atom stereocenters. The second-order valence-corrected chi connectivity index (χ2v) is 5.99. The highest BCUT2D eigenvalue weighted by atomic mass is 16.5. The number of methoxy groups -OCH3 is 1. The third-order valence-corrected chi connectivity index (χ3v) is 4.35. The zero-order valence-electron chi connectivity index (χ0n) is 13.3. The average molecular weight is 306 g/mol. The van der Waals surface area contributed by atoms with Gasteiger partial charge in [-0.3, -0.25) is 4.79 Å². The second kappa shape index (κ2) is 8.73. The maximum absolute atomic E-state index is 11.0. The van der Waals surface area contributed by atoms with Gasteiger partial charge in [0.15, 0.2) is 0 Å². The first-order valence-electron chi connectivity index (χ1n) is 8.13. The van der Waals surface area contributed by atoms with Gasteiger partial charge in [-0.25, -0.2) is 4.98 Å². The van der Waals surface area contributed by atoms with Gasteiger partial charge in [-0.15, -0.1) is 0 Å². The lowest BCUT2D eigenvalue weighted by molar-refractivity contribution is -0.142. The quantitative estimate of drug-likeness (QED) is 0.722. The first kappa shape index (κ1) is 16.7. The van der Waals surface area contributed by atoms with E-state index in [-0.39, 0.29) is 5.92 Å². The largest absolute Gasteiger partial charge is 0.481 e. The summed E-state index contributed by atoms with van der Waals surface area (Å²) < 4.78 is 5.08. The smallest absolute Gasteiger partial charge is 0.306 e. The first-order valence-corrected chi connectivity index (χ1v) is 8.13. The molecule has 0 radical (unpaired) electrons. The van der Waals surface area contributed by atoms with Crippen molar-refractivity contribution in [2.45, 2.75) is 51.0 Å². The molecule has 0 amide bonds. The van der Waals surface area contributed by atoms with E-state index in [0.717, 1.165) is 57.4 Å². The number of nitrogens with zero attached hydrogens (tertiary/aromatic N) is 1. The molecule has 2 N–H and O–H groups in total. The fourth-order valence-electron chi connectivity index (χ4n) is 3.01. The number of aryl methyl sites for hydroxylation is 1. The zero-order valence-corrected chi connectivity index (χ0v) is 13.3. The number of ether oxygens (including phenoxy) is 1. The van der Waals surface area contributed by atoms with E-state index in [1.807, 2.05) is 12.3 Å². The van der Waals surface area contributed by atoms with Crippen LogP contribution in [0.2, 0.25) is 0 Å². The Hall–Kier alpha value is -1.62. The summed E-state index contributed by atoms with van der Waals surface area (Å²) in [7, 11) is 1.73. The third kappa shape index (κ3) is 4.98. The van der Waals surface area contributed by atoms with Crippen LogP contribution in [-0.4, -0.2) is 35.8 Å². The highest BCUT2D eigenvalue weighted by Crippen LogP contribution is 2.27. The number of hydrogen-bond acceptors (Lipinski definition) is 4. The molecule has 0 saturated heterocycles. The molecule has 1 fully saturated rings. The molecule has 0 aliphatic heterocycles. The number of carbonyl (C=O) groups is 1. The number of carboxylic acids is 1. The van der Waals surface area contributed by atoms with Crippen LogP contribution in [0.3, 0.4) is 0 Å². The Morgan fingerprint density at radius 1 is 1.36 bits per heavy atom. The van der Waals surface area contributed by atoms with E-state index in [1.54, 1.807) is 7.11 Å². The van der Waals surface area contributed by atoms with Gasteiger partial charge in [0.2, 0.25) is 0 Å². The van der Waals surface area contributed by atoms with Crippen molar-refractivity contribution in [2.75, 3.05) is 19.0 Å². The van der Waals surface area contributed by atoms with Crippen LogP contribution >= 0.6 is 0 Å². The van der Waals surface area contributed by atoms with Gasteiger partial charge in [0.1, 0.15) is 5.82 Å². The van der Waals surface area contributed by atoms with E-state index < -0.39 is 5.97 Å². The lowest BCUT2D eigenvalue weighted by Crippen LogP contribution is -2.29. The molecule has 1 aliphatic carbocycles. The maximum atomic E-state index is 11.0. The molecule has 5 nitrogen and oxygen atoms in total. The van der Waals surface area contributed by atoms with E-state index in [9.17, 15) is 4.79 Å². The number of unbranched alkanes of at least 4 members (excludes halogenated alkanes) is 1. The van der Waals surface area contributed by atoms with Crippen LogP contribution in [0.15, 0.2) is 18.3 Å². The number of aromatic nitrogens is 1. The fraction of sp³-hybridized carbons (Fsp3) is 0.647. The lowest BCUT2D eigenvalue weighted by Gasteiger charge is -2.28. The predicted octanol–water partition coefficient (Wildman–Crippen LogP) is 3.11. The Kier molecular flexibility index (Phi) is 6.65. The standard InChI is InChI=1S/C17H26N2O3/c1-22-12-3-2-5-13-6-4-11-18-16(13)19-15-9-7-14(8-10-15)17(20)21/h4,6,11,14-15H,2-3,5,7-10,12H2,1H3,(H,18,19)(H,20,21). The number of pyridine rings is 1. The minimum Gasteiger partial charge on any atom is -0.481 e. The van der Waals surface area contributed by atoms with Crippen molar-refractivity contribution in [3.63, 3.8) is 0 Å². The van der Waals surface area contributed by atoms with Crippen molar-refractivity contribution in [1.82, 2.24) is 4.98 Å². The normalized spacial score (nSPS) is 21.5. The molecule has 1 aromatic heterocycles.